The van der Waals surface area contributed by atoms with Crippen LogP contribution in [-0.2, 0) is 0 Å². The predicted octanol–water partition coefficient (Wildman–Crippen LogP) is 3.47. The summed E-state index contributed by atoms with van der Waals surface area (Å²) in [7, 11) is 0. The summed E-state index contributed by atoms with van der Waals surface area (Å²) in [6.45, 7) is 7.48. The molecule has 100 valence electrons. The van der Waals surface area contributed by atoms with E-state index in [0.717, 1.165) is 17.8 Å². The van der Waals surface area contributed by atoms with Crippen LogP contribution in [0, 0.1) is 11.7 Å². The molecule has 1 aliphatic heterocycles. The van der Waals surface area contributed by atoms with Gasteiger partial charge in [0.25, 0.3) is 0 Å². The third-order valence-corrected chi connectivity index (χ3v) is 4.16. The molecule has 3 heteroatoms. The number of benzene rings is 1. The molecule has 1 fully saturated rings. The molecule has 1 aromatic rings. The quantitative estimate of drug-likeness (QED) is 0.871. The van der Waals surface area contributed by atoms with Gasteiger partial charge in [-0.15, -0.1) is 0 Å². The molecule has 1 aromatic carbocycles. The molecule has 0 saturated carbocycles. The first-order chi connectivity index (χ1) is 8.50. The Morgan fingerprint density at radius 1 is 1.39 bits per heavy atom. The van der Waals surface area contributed by atoms with Gasteiger partial charge in [0.2, 0.25) is 0 Å². The van der Waals surface area contributed by atoms with E-state index in [4.69, 9.17) is 5.73 Å². The standard InChI is InChI=1S/C15H23FN2/c1-10-5-4-8-18(12(10)3)15-7-6-13(16)9-14(15)11(2)17/h6-7,9-12H,4-5,8,17H2,1-3H3. The van der Waals surface area contributed by atoms with Crippen molar-refractivity contribution in [2.24, 2.45) is 11.7 Å². The largest absolute Gasteiger partial charge is 0.368 e. The van der Waals surface area contributed by atoms with Crippen LogP contribution in [-0.4, -0.2) is 12.6 Å². The fraction of sp³-hybridized carbons (Fsp3) is 0.600. The molecule has 0 amide bonds. The van der Waals surface area contributed by atoms with Gasteiger partial charge in [0.15, 0.2) is 0 Å². The summed E-state index contributed by atoms with van der Waals surface area (Å²) in [5.41, 5.74) is 7.99. The van der Waals surface area contributed by atoms with Crippen molar-refractivity contribution in [3.63, 3.8) is 0 Å². The molecule has 18 heavy (non-hydrogen) atoms. The van der Waals surface area contributed by atoms with Gasteiger partial charge >= 0.3 is 0 Å². The smallest absolute Gasteiger partial charge is 0.123 e. The second-order valence-electron chi connectivity index (χ2n) is 5.55. The molecule has 2 nitrogen and oxygen atoms in total. The Kier molecular flexibility index (Phi) is 3.91. The summed E-state index contributed by atoms with van der Waals surface area (Å²) >= 11 is 0. The Morgan fingerprint density at radius 3 is 2.78 bits per heavy atom. The van der Waals surface area contributed by atoms with Gasteiger partial charge in [-0.3, -0.25) is 0 Å². The van der Waals surface area contributed by atoms with Crippen molar-refractivity contribution < 1.29 is 4.39 Å². The molecule has 0 aliphatic carbocycles. The summed E-state index contributed by atoms with van der Waals surface area (Å²) in [6, 6.07) is 5.34. The van der Waals surface area contributed by atoms with Gasteiger partial charge in [0, 0.05) is 24.3 Å². The summed E-state index contributed by atoms with van der Waals surface area (Å²) < 4.78 is 13.4. The van der Waals surface area contributed by atoms with Crippen molar-refractivity contribution in [1.29, 1.82) is 0 Å². The number of hydrogen-bond acceptors (Lipinski definition) is 2. The Morgan fingerprint density at radius 2 is 2.11 bits per heavy atom. The van der Waals surface area contributed by atoms with Crippen LogP contribution in [0.4, 0.5) is 10.1 Å². The fourth-order valence-corrected chi connectivity index (χ4v) is 2.83. The number of nitrogens with zero attached hydrogens (tertiary/aromatic N) is 1. The van der Waals surface area contributed by atoms with Crippen molar-refractivity contribution in [1.82, 2.24) is 0 Å². The van der Waals surface area contributed by atoms with Crippen LogP contribution in [0.3, 0.4) is 0 Å². The fourth-order valence-electron chi connectivity index (χ4n) is 2.83. The molecule has 1 saturated heterocycles. The average molecular weight is 250 g/mol. The van der Waals surface area contributed by atoms with E-state index in [0.29, 0.717) is 12.0 Å². The maximum Gasteiger partial charge on any atom is 0.123 e. The van der Waals surface area contributed by atoms with Gasteiger partial charge < -0.3 is 10.6 Å². The minimum Gasteiger partial charge on any atom is -0.368 e. The van der Waals surface area contributed by atoms with Gasteiger partial charge in [0.05, 0.1) is 0 Å². The Balaban J connectivity index is 2.37. The first-order valence-corrected chi connectivity index (χ1v) is 6.82. The van der Waals surface area contributed by atoms with Crippen molar-refractivity contribution in [3.05, 3.63) is 29.6 Å². The Bertz CT molecular complexity index is 417. The van der Waals surface area contributed by atoms with E-state index in [1.807, 2.05) is 13.0 Å². The molecular weight excluding hydrogens is 227 g/mol. The van der Waals surface area contributed by atoms with Crippen LogP contribution in [0.5, 0.6) is 0 Å². The monoisotopic (exact) mass is 250 g/mol. The first kappa shape index (κ1) is 13.3. The molecule has 3 atom stereocenters. The minimum atomic E-state index is -0.205. The van der Waals surface area contributed by atoms with Crippen LogP contribution < -0.4 is 10.6 Å². The third kappa shape index (κ3) is 2.51. The van der Waals surface area contributed by atoms with Gasteiger partial charge in [-0.25, -0.2) is 4.39 Å². The van der Waals surface area contributed by atoms with Crippen molar-refractivity contribution in [2.75, 3.05) is 11.4 Å². The van der Waals surface area contributed by atoms with Crippen LogP contribution >= 0.6 is 0 Å². The molecule has 0 bridgehead atoms. The van der Waals surface area contributed by atoms with Crippen molar-refractivity contribution in [2.45, 2.75) is 45.7 Å². The summed E-state index contributed by atoms with van der Waals surface area (Å²) in [6.07, 6.45) is 2.47. The molecule has 1 heterocycles. The number of nitrogens with two attached hydrogens (primary N) is 1. The molecule has 0 aromatic heterocycles. The molecule has 0 spiro atoms. The van der Waals surface area contributed by atoms with E-state index < -0.39 is 0 Å². The van der Waals surface area contributed by atoms with Gasteiger partial charge in [-0.05, 0) is 56.4 Å². The maximum atomic E-state index is 13.4. The lowest BCUT2D eigenvalue weighted by Gasteiger charge is -2.41. The van der Waals surface area contributed by atoms with E-state index in [-0.39, 0.29) is 11.9 Å². The van der Waals surface area contributed by atoms with Crippen LogP contribution in [0.25, 0.3) is 0 Å². The van der Waals surface area contributed by atoms with E-state index in [2.05, 4.69) is 18.7 Å². The highest BCUT2D eigenvalue weighted by molar-refractivity contribution is 5.56. The van der Waals surface area contributed by atoms with Crippen LogP contribution in [0.2, 0.25) is 0 Å². The van der Waals surface area contributed by atoms with E-state index in [1.54, 1.807) is 6.07 Å². The summed E-state index contributed by atoms with van der Waals surface area (Å²) in [5, 5.41) is 0. The minimum absolute atomic E-state index is 0.139. The maximum absolute atomic E-state index is 13.4. The number of piperidine rings is 1. The summed E-state index contributed by atoms with van der Waals surface area (Å²) in [4.78, 5) is 2.38. The zero-order valence-corrected chi connectivity index (χ0v) is 11.5. The van der Waals surface area contributed by atoms with E-state index in [1.165, 1.54) is 18.9 Å². The van der Waals surface area contributed by atoms with Crippen LogP contribution in [0.15, 0.2) is 18.2 Å². The Labute approximate surface area is 109 Å². The highest BCUT2D eigenvalue weighted by atomic mass is 19.1. The van der Waals surface area contributed by atoms with E-state index >= 15 is 0 Å². The predicted molar refractivity (Wildman–Crippen MR) is 74.2 cm³/mol. The summed E-state index contributed by atoms with van der Waals surface area (Å²) in [5.74, 6) is 0.466. The number of halogens is 1. The first-order valence-electron chi connectivity index (χ1n) is 6.82. The topological polar surface area (TPSA) is 29.3 Å². The van der Waals surface area contributed by atoms with Gasteiger partial charge in [-0.1, -0.05) is 6.92 Å². The average Bonchev–Trinajstić information content (AvgIpc) is 2.33. The van der Waals surface area contributed by atoms with E-state index in [9.17, 15) is 4.39 Å². The lowest BCUT2D eigenvalue weighted by molar-refractivity contribution is 0.362. The number of rotatable bonds is 2. The van der Waals surface area contributed by atoms with Gasteiger partial charge in [-0.2, -0.15) is 0 Å². The molecule has 2 rings (SSSR count). The highest BCUT2D eigenvalue weighted by Gasteiger charge is 2.26. The number of hydrogen-bond donors (Lipinski definition) is 1. The molecule has 1 aliphatic rings. The Hall–Kier alpha value is -1.09. The third-order valence-electron chi connectivity index (χ3n) is 4.16. The molecular formula is C15H23FN2. The number of anilines is 1. The van der Waals surface area contributed by atoms with Crippen molar-refractivity contribution >= 4 is 5.69 Å². The normalized spacial score (nSPS) is 26.2. The zero-order valence-electron chi connectivity index (χ0n) is 11.5. The molecule has 0 radical (unpaired) electrons. The van der Waals surface area contributed by atoms with Crippen molar-refractivity contribution in [3.8, 4) is 0 Å². The van der Waals surface area contributed by atoms with Crippen LogP contribution in [0.1, 0.15) is 45.2 Å². The SMILES string of the molecule is CC(N)c1cc(F)ccc1N1CCCC(C)C1C. The highest BCUT2D eigenvalue weighted by Crippen LogP contribution is 2.33. The second-order valence-corrected chi connectivity index (χ2v) is 5.55. The molecule has 2 N–H and O–H groups in total. The lowest BCUT2D eigenvalue weighted by Crippen LogP contribution is -2.43. The zero-order chi connectivity index (χ0) is 13.3. The van der Waals surface area contributed by atoms with Gasteiger partial charge in [0.1, 0.15) is 5.82 Å². The second kappa shape index (κ2) is 5.27. The molecule has 3 unspecified atom stereocenters. The lowest BCUT2D eigenvalue weighted by atomic mass is 9.90.